The van der Waals surface area contributed by atoms with Gasteiger partial charge in [-0.3, -0.25) is 4.79 Å². The number of hydrogen-bond acceptors (Lipinski definition) is 4. The third-order valence-electron chi connectivity index (χ3n) is 3.65. The number of ether oxygens (including phenoxy) is 2. The Morgan fingerprint density at radius 1 is 1.48 bits per heavy atom. The minimum Gasteiger partial charge on any atom is -0.495 e. The van der Waals surface area contributed by atoms with Gasteiger partial charge in [-0.1, -0.05) is 6.92 Å². The zero-order valence-electron chi connectivity index (χ0n) is 12.1. The van der Waals surface area contributed by atoms with Crippen LogP contribution >= 0.6 is 0 Å². The average molecular weight is 293 g/mol. The molecule has 1 aromatic carbocycles. The van der Waals surface area contributed by atoms with Gasteiger partial charge in [0.1, 0.15) is 5.75 Å². The van der Waals surface area contributed by atoms with Crippen LogP contribution in [0.15, 0.2) is 18.2 Å². The van der Waals surface area contributed by atoms with E-state index in [0.717, 1.165) is 6.42 Å². The Bertz CT molecular complexity index is 543. The highest BCUT2D eigenvalue weighted by atomic mass is 16.5. The number of carboxylic acid groups (broad SMARTS) is 1. The van der Waals surface area contributed by atoms with E-state index in [9.17, 15) is 9.59 Å². The number of carbonyl (C=O) groups excluding carboxylic acids is 1. The first kappa shape index (κ1) is 15.3. The molecule has 1 aromatic rings. The Hall–Kier alpha value is -2.08. The minimum absolute atomic E-state index is 0.0846. The van der Waals surface area contributed by atoms with Crippen molar-refractivity contribution in [3.63, 3.8) is 0 Å². The highest BCUT2D eigenvalue weighted by Crippen LogP contribution is 2.29. The lowest BCUT2D eigenvalue weighted by Crippen LogP contribution is -2.29. The largest absolute Gasteiger partial charge is 0.495 e. The van der Waals surface area contributed by atoms with Crippen LogP contribution in [-0.2, 0) is 9.53 Å². The van der Waals surface area contributed by atoms with Gasteiger partial charge < -0.3 is 19.9 Å². The molecule has 2 rings (SSSR count). The molecule has 1 saturated heterocycles. The first-order chi connectivity index (χ1) is 10.1. The van der Waals surface area contributed by atoms with E-state index in [0.29, 0.717) is 24.5 Å². The van der Waals surface area contributed by atoms with E-state index < -0.39 is 5.97 Å². The second-order valence-corrected chi connectivity index (χ2v) is 4.92. The van der Waals surface area contributed by atoms with Crippen molar-refractivity contribution in [2.45, 2.75) is 25.9 Å². The monoisotopic (exact) mass is 293 g/mol. The van der Waals surface area contributed by atoms with Crippen molar-refractivity contribution >= 4 is 17.6 Å². The van der Waals surface area contributed by atoms with Gasteiger partial charge in [0.15, 0.2) is 0 Å². The summed E-state index contributed by atoms with van der Waals surface area (Å²) in [5.74, 6) is -1.00. The topological polar surface area (TPSA) is 84.9 Å². The molecule has 1 aliphatic heterocycles. The van der Waals surface area contributed by atoms with Crippen LogP contribution in [-0.4, -0.2) is 36.8 Å². The van der Waals surface area contributed by atoms with E-state index in [1.807, 2.05) is 6.92 Å². The van der Waals surface area contributed by atoms with Gasteiger partial charge in [-0.2, -0.15) is 0 Å². The third-order valence-corrected chi connectivity index (χ3v) is 3.65. The molecule has 0 aliphatic carbocycles. The second kappa shape index (κ2) is 6.58. The lowest BCUT2D eigenvalue weighted by Gasteiger charge is -2.17. The van der Waals surface area contributed by atoms with Gasteiger partial charge in [0, 0.05) is 6.61 Å². The van der Waals surface area contributed by atoms with Crippen molar-refractivity contribution in [2.24, 2.45) is 5.92 Å². The number of rotatable bonds is 5. The van der Waals surface area contributed by atoms with Gasteiger partial charge >= 0.3 is 5.97 Å². The molecule has 0 aromatic heterocycles. The highest BCUT2D eigenvalue weighted by Gasteiger charge is 2.33. The average Bonchev–Trinajstić information content (AvgIpc) is 2.95. The number of aromatic carboxylic acids is 1. The maximum atomic E-state index is 12.3. The molecule has 2 atom stereocenters. The van der Waals surface area contributed by atoms with Crippen LogP contribution in [0.4, 0.5) is 5.69 Å². The number of methoxy groups -OCH3 is 1. The van der Waals surface area contributed by atoms with E-state index in [-0.39, 0.29) is 23.5 Å². The molecule has 0 bridgehead atoms. The van der Waals surface area contributed by atoms with Gasteiger partial charge in [0.25, 0.3) is 0 Å². The van der Waals surface area contributed by atoms with Crippen LogP contribution in [0, 0.1) is 5.92 Å². The summed E-state index contributed by atoms with van der Waals surface area (Å²) in [6.07, 6.45) is 1.36. The summed E-state index contributed by atoms with van der Waals surface area (Å²) in [7, 11) is 1.47. The molecule has 1 fully saturated rings. The fourth-order valence-electron chi connectivity index (χ4n) is 2.51. The minimum atomic E-state index is -1.05. The van der Waals surface area contributed by atoms with E-state index in [2.05, 4.69) is 5.32 Å². The van der Waals surface area contributed by atoms with Crippen molar-refractivity contribution in [3.8, 4) is 5.75 Å². The molecule has 0 spiro atoms. The SMILES string of the molecule is CCC1OCCC1C(=O)Nc1cc(C(=O)O)ccc1OC. The quantitative estimate of drug-likeness (QED) is 0.869. The van der Waals surface area contributed by atoms with Crippen LogP contribution in [0.1, 0.15) is 30.1 Å². The maximum absolute atomic E-state index is 12.3. The van der Waals surface area contributed by atoms with E-state index >= 15 is 0 Å². The summed E-state index contributed by atoms with van der Waals surface area (Å²) in [6.45, 7) is 2.55. The van der Waals surface area contributed by atoms with Gasteiger partial charge in [-0.15, -0.1) is 0 Å². The van der Waals surface area contributed by atoms with E-state index in [1.54, 1.807) is 0 Å². The molecule has 114 valence electrons. The smallest absolute Gasteiger partial charge is 0.335 e. The molecule has 21 heavy (non-hydrogen) atoms. The van der Waals surface area contributed by atoms with Crippen molar-refractivity contribution in [3.05, 3.63) is 23.8 Å². The molecular formula is C15H19NO5. The standard InChI is InChI=1S/C15H19NO5/c1-3-12-10(6-7-21-12)14(17)16-11-8-9(15(18)19)4-5-13(11)20-2/h4-5,8,10,12H,3,6-7H2,1-2H3,(H,16,17)(H,18,19). The maximum Gasteiger partial charge on any atom is 0.335 e. The molecule has 2 N–H and O–H groups in total. The van der Waals surface area contributed by atoms with Crippen LogP contribution in [0.2, 0.25) is 0 Å². The molecule has 6 nitrogen and oxygen atoms in total. The molecule has 1 amide bonds. The Labute approximate surface area is 123 Å². The summed E-state index contributed by atoms with van der Waals surface area (Å²) in [4.78, 5) is 23.4. The van der Waals surface area contributed by atoms with E-state index in [1.165, 1.54) is 25.3 Å². The Kier molecular flexibility index (Phi) is 4.80. The lowest BCUT2D eigenvalue weighted by molar-refractivity contribution is -0.121. The predicted octanol–water partition coefficient (Wildman–Crippen LogP) is 2.15. The normalized spacial score (nSPS) is 21.0. The summed E-state index contributed by atoms with van der Waals surface area (Å²) in [5.41, 5.74) is 0.463. The van der Waals surface area contributed by atoms with Crippen molar-refractivity contribution in [2.75, 3.05) is 19.0 Å². The summed E-state index contributed by atoms with van der Waals surface area (Å²) >= 11 is 0. The molecule has 1 heterocycles. The van der Waals surface area contributed by atoms with Crippen LogP contribution in [0.3, 0.4) is 0 Å². The Morgan fingerprint density at radius 3 is 2.86 bits per heavy atom. The Morgan fingerprint density at radius 2 is 2.24 bits per heavy atom. The fourth-order valence-corrected chi connectivity index (χ4v) is 2.51. The predicted molar refractivity (Wildman–Crippen MR) is 76.7 cm³/mol. The number of hydrogen-bond donors (Lipinski definition) is 2. The van der Waals surface area contributed by atoms with Crippen LogP contribution < -0.4 is 10.1 Å². The second-order valence-electron chi connectivity index (χ2n) is 4.92. The Balaban J connectivity index is 2.19. The van der Waals surface area contributed by atoms with Gasteiger partial charge in [0.05, 0.1) is 30.4 Å². The van der Waals surface area contributed by atoms with E-state index in [4.69, 9.17) is 14.6 Å². The lowest BCUT2D eigenvalue weighted by atomic mass is 9.98. The number of carboxylic acids is 1. The molecule has 2 unspecified atom stereocenters. The number of carbonyl (C=O) groups is 2. The first-order valence-corrected chi connectivity index (χ1v) is 6.90. The summed E-state index contributed by atoms with van der Waals surface area (Å²) in [6, 6.07) is 4.36. The van der Waals surface area contributed by atoms with Gasteiger partial charge in [0.2, 0.25) is 5.91 Å². The van der Waals surface area contributed by atoms with Crippen molar-refractivity contribution < 1.29 is 24.2 Å². The number of amides is 1. The van der Waals surface area contributed by atoms with Crippen molar-refractivity contribution in [1.82, 2.24) is 0 Å². The molecule has 1 aliphatic rings. The van der Waals surface area contributed by atoms with Gasteiger partial charge in [-0.05, 0) is 31.0 Å². The first-order valence-electron chi connectivity index (χ1n) is 6.90. The highest BCUT2D eigenvalue weighted by molar-refractivity contribution is 5.97. The number of nitrogens with one attached hydrogen (secondary N) is 1. The molecule has 6 heteroatoms. The summed E-state index contributed by atoms with van der Waals surface area (Å²) in [5, 5.41) is 11.8. The van der Waals surface area contributed by atoms with Crippen LogP contribution in [0.25, 0.3) is 0 Å². The molecular weight excluding hydrogens is 274 g/mol. The number of anilines is 1. The molecule has 0 saturated carbocycles. The van der Waals surface area contributed by atoms with Gasteiger partial charge in [-0.25, -0.2) is 4.79 Å². The fraction of sp³-hybridized carbons (Fsp3) is 0.467. The zero-order chi connectivity index (χ0) is 15.4. The van der Waals surface area contributed by atoms with Crippen molar-refractivity contribution in [1.29, 1.82) is 0 Å². The van der Waals surface area contributed by atoms with Crippen LogP contribution in [0.5, 0.6) is 5.75 Å². The zero-order valence-corrected chi connectivity index (χ0v) is 12.1. The molecule has 0 radical (unpaired) electrons. The summed E-state index contributed by atoms with van der Waals surface area (Å²) < 4.78 is 10.7. The third kappa shape index (κ3) is 3.33. The number of benzene rings is 1.